The van der Waals surface area contributed by atoms with E-state index in [0.717, 1.165) is 45.0 Å². The average molecular weight is 839 g/mol. The van der Waals surface area contributed by atoms with Crippen LogP contribution in [0.5, 0.6) is 11.5 Å². The molecule has 0 radical (unpaired) electrons. The van der Waals surface area contributed by atoms with E-state index in [4.69, 9.17) is 0 Å². The summed E-state index contributed by atoms with van der Waals surface area (Å²) in [6, 6.07) is 16.2. The van der Waals surface area contributed by atoms with Gasteiger partial charge in [-0.3, -0.25) is 9.11 Å². The number of aryl methyl sites for hydroxylation is 2. The van der Waals surface area contributed by atoms with Gasteiger partial charge in [0.1, 0.15) is 21.3 Å². The summed E-state index contributed by atoms with van der Waals surface area (Å²) in [5.74, 6) is -0.832. The number of benzene rings is 6. The first-order valence-electron chi connectivity index (χ1n) is 16.0. The Kier molecular flexibility index (Phi) is 7.93. The lowest BCUT2D eigenvalue weighted by Crippen LogP contribution is -2.21. The van der Waals surface area contributed by atoms with E-state index in [1.165, 1.54) is 62.4 Å². The number of amides is 2. The number of carbonyl (C=O) groups is 1. The standard InChI is InChI=1S/C35H26N4O13S4/c1-17-3-9-27-31(33(17)53(43,44)38(27)21-11-19-13-23(55(47,48)49)5-7-25(19)29(40)15-21)36-35(42)37-32-28-10-4-18(2)34(32)54(45,46)39(28)22-12-20-14-24(56(50,51)52)6-8-26(20)30(41)16-22/h3-16,40-41H,1-2H3,(H2,36,37,42)(H,47,48,49)(H,50,51,52). The second kappa shape index (κ2) is 12.0. The molecule has 0 aromatic heterocycles. The highest BCUT2D eigenvalue weighted by atomic mass is 32.2. The van der Waals surface area contributed by atoms with Gasteiger partial charge in [0.05, 0.1) is 43.9 Å². The zero-order valence-electron chi connectivity index (χ0n) is 28.6. The van der Waals surface area contributed by atoms with Crippen LogP contribution in [0.4, 0.5) is 38.9 Å². The normalized spacial score (nSPS) is 15.4. The number of hydrogen-bond donors (Lipinski definition) is 6. The summed E-state index contributed by atoms with van der Waals surface area (Å²) in [7, 11) is -18.3. The predicted molar refractivity (Wildman–Crippen MR) is 205 cm³/mol. The van der Waals surface area contributed by atoms with Gasteiger partial charge in [0.15, 0.2) is 0 Å². The highest BCUT2D eigenvalue weighted by molar-refractivity contribution is 7.94. The van der Waals surface area contributed by atoms with E-state index in [1.807, 2.05) is 0 Å². The van der Waals surface area contributed by atoms with Crippen molar-refractivity contribution in [2.24, 2.45) is 0 Å². The molecule has 0 saturated carbocycles. The maximum Gasteiger partial charge on any atom is 0.323 e. The fraction of sp³-hybridized carbons (Fsp3) is 0.0571. The number of sulfonamides is 2. The van der Waals surface area contributed by atoms with Crippen LogP contribution in [0.25, 0.3) is 21.5 Å². The molecule has 2 heterocycles. The SMILES string of the molecule is Cc1ccc2c(NC(=O)Nc3c4ccc(C)c3S(=O)(=O)N4c3cc(O)c4ccc(S(=O)(=O)O)cc4c3)c1S(=O)(=O)N2c1cc(O)c2ccc(S(=O)(=O)O)cc2c1. The Hall–Kier alpha value is -5.97. The lowest BCUT2D eigenvalue weighted by Gasteiger charge is -2.20. The van der Waals surface area contributed by atoms with Gasteiger partial charge in [-0.05, 0) is 96.4 Å². The van der Waals surface area contributed by atoms with Crippen molar-refractivity contribution >= 4 is 102 Å². The van der Waals surface area contributed by atoms with E-state index in [-0.39, 0.29) is 76.6 Å². The number of urea groups is 1. The zero-order chi connectivity index (χ0) is 40.4. The number of rotatable bonds is 6. The first-order valence-corrected chi connectivity index (χ1v) is 21.8. The Bertz CT molecular complexity index is 3050. The van der Waals surface area contributed by atoms with Crippen molar-refractivity contribution in [3.8, 4) is 11.5 Å². The van der Waals surface area contributed by atoms with Gasteiger partial charge in [-0.1, -0.05) is 12.1 Å². The summed E-state index contributed by atoms with van der Waals surface area (Å²) in [4.78, 5) is 12.2. The summed E-state index contributed by atoms with van der Waals surface area (Å²) in [6.07, 6.45) is 0. The smallest absolute Gasteiger partial charge is 0.323 e. The van der Waals surface area contributed by atoms with E-state index in [1.54, 1.807) is 0 Å². The minimum absolute atomic E-state index is 0.0663. The molecule has 6 aromatic rings. The van der Waals surface area contributed by atoms with E-state index in [0.29, 0.717) is 0 Å². The molecule has 288 valence electrons. The highest BCUT2D eigenvalue weighted by Crippen LogP contribution is 2.52. The summed E-state index contributed by atoms with van der Waals surface area (Å²) in [5.41, 5.74) is -0.393. The fourth-order valence-electron chi connectivity index (χ4n) is 7.03. The summed E-state index contributed by atoms with van der Waals surface area (Å²) in [6.45, 7) is 2.96. The fourth-order valence-corrected chi connectivity index (χ4v) is 11.8. The average Bonchev–Trinajstić information content (AvgIpc) is 3.34. The molecule has 17 nitrogen and oxygen atoms in total. The molecule has 0 saturated heterocycles. The number of fused-ring (bicyclic) bond motifs is 6. The molecule has 56 heavy (non-hydrogen) atoms. The van der Waals surface area contributed by atoms with Gasteiger partial charge < -0.3 is 20.8 Å². The third kappa shape index (κ3) is 5.58. The van der Waals surface area contributed by atoms with Gasteiger partial charge in [0.25, 0.3) is 40.3 Å². The molecule has 0 aliphatic carbocycles. The summed E-state index contributed by atoms with van der Waals surface area (Å²) in [5, 5.41) is 27.1. The molecule has 0 spiro atoms. The molecule has 2 aliphatic rings. The van der Waals surface area contributed by atoms with Gasteiger partial charge in [-0.2, -0.15) is 16.8 Å². The maximum atomic E-state index is 14.1. The van der Waals surface area contributed by atoms with Crippen LogP contribution >= 0.6 is 0 Å². The largest absolute Gasteiger partial charge is 0.507 e. The number of carbonyl (C=O) groups excluding carboxylic acids is 1. The van der Waals surface area contributed by atoms with Crippen LogP contribution in [0.3, 0.4) is 0 Å². The van der Waals surface area contributed by atoms with E-state index in [2.05, 4.69) is 10.6 Å². The predicted octanol–water partition coefficient (Wildman–Crippen LogP) is 5.84. The number of phenols is 2. The number of aromatic hydroxyl groups is 2. The molecule has 6 aromatic carbocycles. The number of nitrogens with zero attached hydrogens (tertiary/aromatic N) is 2. The van der Waals surface area contributed by atoms with Crippen LogP contribution in [-0.2, 0) is 40.3 Å². The Morgan fingerprint density at radius 2 is 0.946 bits per heavy atom. The Labute approximate surface area is 318 Å². The molecular formula is C35H26N4O13S4. The number of anilines is 6. The number of phenolic OH excluding ortho intramolecular Hbond substituents is 2. The van der Waals surface area contributed by atoms with Crippen molar-refractivity contribution in [3.63, 3.8) is 0 Å². The first-order chi connectivity index (χ1) is 26.1. The molecular weight excluding hydrogens is 813 g/mol. The van der Waals surface area contributed by atoms with Crippen LogP contribution in [-0.4, -0.2) is 59.0 Å². The van der Waals surface area contributed by atoms with Gasteiger partial charge in [0, 0.05) is 22.9 Å². The van der Waals surface area contributed by atoms with Crippen LogP contribution in [0.1, 0.15) is 11.1 Å². The summed E-state index contributed by atoms with van der Waals surface area (Å²) >= 11 is 0. The molecule has 4 bridgehead atoms. The topological polar surface area (TPSA) is 265 Å². The third-order valence-electron chi connectivity index (χ3n) is 9.42. The Morgan fingerprint density at radius 1 is 0.571 bits per heavy atom. The third-order valence-corrected chi connectivity index (χ3v) is 15.0. The lowest BCUT2D eigenvalue weighted by atomic mass is 10.1. The minimum Gasteiger partial charge on any atom is -0.507 e. The second-order valence-corrected chi connectivity index (χ2v) is 19.3. The number of nitrogens with one attached hydrogen (secondary N) is 2. The van der Waals surface area contributed by atoms with E-state index < -0.39 is 67.6 Å². The van der Waals surface area contributed by atoms with Gasteiger partial charge in [0.2, 0.25) is 0 Å². The van der Waals surface area contributed by atoms with Crippen molar-refractivity contribution in [1.29, 1.82) is 0 Å². The van der Waals surface area contributed by atoms with Gasteiger partial charge >= 0.3 is 6.03 Å². The van der Waals surface area contributed by atoms with E-state index >= 15 is 0 Å². The van der Waals surface area contributed by atoms with Crippen molar-refractivity contribution < 1.29 is 57.8 Å². The molecule has 8 rings (SSSR count). The lowest BCUT2D eigenvalue weighted by molar-refractivity contribution is 0.262. The molecule has 6 N–H and O–H groups in total. The van der Waals surface area contributed by atoms with E-state index in [9.17, 15) is 57.8 Å². The van der Waals surface area contributed by atoms with Crippen LogP contribution in [0.15, 0.2) is 105 Å². The van der Waals surface area contributed by atoms with Gasteiger partial charge in [-0.25, -0.2) is 30.2 Å². The Morgan fingerprint density at radius 3 is 1.30 bits per heavy atom. The van der Waals surface area contributed by atoms with Crippen LogP contribution in [0.2, 0.25) is 0 Å². The van der Waals surface area contributed by atoms with Crippen LogP contribution in [0, 0.1) is 13.8 Å². The minimum atomic E-state index is -4.66. The summed E-state index contributed by atoms with van der Waals surface area (Å²) < 4.78 is 124. The highest BCUT2D eigenvalue weighted by Gasteiger charge is 2.43. The van der Waals surface area contributed by atoms with Crippen molar-refractivity contribution in [1.82, 2.24) is 0 Å². The van der Waals surface area contributed by atoms with Crippen molar-refractivity contribution in [2.45, 2.75) is 33.4 Å². The molecule has 0 fully saturated rings. The molecule has 21 heteroatoms. The molecule has 0 atom stereocenters. The van der Waals surface area contributed by atoms with Gasteiger partial charge in [-0.15, -0.1) is 0 Å². The molecule has 2 aliphatic heterocycles. The molecule has 2 amide bonds. The maximum absolute atomic E-state index is 14.1. The van der Waals surface area contributed by atoms with Crippen molar-refractivity contribution in [2.75, 3.05) is 19.2 Å². The Balaban J connectivity index is 1.18. The number of hydrogen-bond acceptors (Lipinski definition) is 11. The first kappa shape index (κ1) is 37.0. The second-order valence-electron chi connectivity index (χ2n) is 13.0. The zero-order valence-corrected chi connectivity index (χ0v) is 31.8. The van der Waals surface area contributed by atoms with Crippen LogP contribution < -0.4 is 19.2 Å². The monoisotopic (exact) mass is 838 g/mol. The molecule has 0 unspecified atom stereocenters. The quantitative estimate of drug-likeness (QED) is 0.108. The van der Waals surface area contributed by atoms with Crippen molar-refractivity contribution in [3.05, 3.63) is 96.1 Å².